The summed E-state index contributed by atoms with van der Waals surface area (Å²) >= 11 is 0. The lowest BCUT2D eigenvalue weighted by Gasteiger charge is -2.48. The Balaban J connectivity index is 1.34. The molecule has 3 atom stereocenters. The van der Waals surface area contributed by atoms with Crippen LogP contribution in [0.1, 0.15) is 66.7 Å². The van der Waals surface area contributed by atoms with Crippen molar-refractivity contribution in [1.82, 2.24) is 4.90 Å². The number of esters is 1. The predicted octanol–water partition coefficient (Wildman–Crippen LogP) is 6.39. The van der Waals surface area contributed by atoms with Crippen molar-refractivity contribution in [1.29, 1.82) is 0 Å². The molecule has 0 aromatic heterocycles. The maximum absolute atomic E-state index is 13.8. The fourth-order valence-electron chi connectivity index (χ4n) is 7.31. The van der Waals surface area contributed by atoms with E-state index in [4.69, 9.17) is 9.16 Å². The number of benzene rings is 3. The number of aliphatic hydroxyl groups excluding tert-OH is 1. The number of ether oxygens (including phenoxy) is 1. The van der Waals surface area contributed by atoms with Gasteiger partial charge in [-0.3, -0.25) is 19.7 Å². The van der Waals surface area contributed by atoms with Gasteiger partial charge >= 0.3 is 5.97 Å². The second kappa shape index (κ2) is 12.6. The van der Waals surface area contributed by atoms with Crippen LogP contribution in [0.15, 0.2) is 66.4 Å². The van der Waals surface area contributed by atoms with Gasteiger partial charge in [-0.1, -0.05) is 39.0 Å². The number of nitro groups is 1. The second-order valence-electron chi connectivity index (χ2n) is 12.5. The molecule has 11 heteroatoms. The normalized spacial score (nSPS) is 18.9. The summed E-state index contributed by atoms with van der Waals surface area (Å²) in [6.45, 7) is 8.11. The fourth-order valence-corrected chi connectivity index (χ4v) is 10.2. The van der Waals surface area contributed by atoms with Crippen molar-refractivity contribution in [2.45, 2.75) is 77.6 Å². The molecule has 1 N–H and O–H groups in total. The number of β-lactam (4-membered cyclic amide) rings is 1. The van der Waals surface area contributed by atoms with Gasteiger partial charge in [-0.05, 0) is 95.2 Å². The first kappa shape index (κ1) is 32.5. The minimum absolute atomic E-state index is 0.0668. The number of nitro benzene ring substituents is 1. The van der Waals surface area contributed by atoms with Crippen molar-refractivity contribution in [3.8, 4) is 11.1 Å². The third-order valence-corrected chi connectivity index (χ3v) is 14.9. The Morgan fingerprint density at radius 1 is 0.957 bits per heavy atom. The highest BCUT2D eigenvalue weighted by molar-refractivity contribution is 6.73. The summed E-state index contributed by atoms with van der Waals surface area (Å²) in [6, 6.07) is 19.1. The SMILES string of the molecule is CC[Si](CC)(CC)O[C@H](C)[C@H]1C(=O)N2C(C(=O)OCc3ccc([N+](=O)[O-])cc3)=C(c3ccc4c(c3)-c3ccc(CO)cc3C4=O)C[C@H]12. The van der Waals surface area contributed by atoms with E-state index in [-0.39, 0.29) is 48.4 Å². The van der Waals surface area contributed by atoms with Crippen molar-refractivity contribution in [3.05, 3.63) is 104 Å². The Hall–Kier alpha value is -4.45. The van der Waals surface area contributed by atoms with Crippen molar-refractivity contribution in [2.75, 3.05) is 0 Å². The lowest BCUT2D eigenvalue weighted by Crippen LogP contribution is -2.63. The van der Waals surface area contributed by atoms with Gasteiger partial charge in [0.25, 0.3) is 5.69 Å². The number of ketones is 1. The summed E-state index contributed by atoms with van der Waals surface area (Å²) in [4.78, 5) is 53.0. The summed E-state index contributed by atoms with van der Waals surface area (Å²) < 4.78 is 12.4. The molecule has 3 aromatic carbocycles. The number of nitrogens with zero attached hydrogens (tertiary/aromatic N) is 2. The first-order chi connectivity index (χ1) is 22.6. The molecule has 1 saturated heterocycles. The third-order valence-electron chi connectivity index (χ3n) is 10.2. The number of non-ortho nitro benzene ring substituents is 1. The zero-order chi connectivity index (χ0) is 33.6. The highest BCUT2D eigenvalue weighted by Gasteiger charge is 2.58. The number of fused-ring (bicyclic) bond motifs is 4. The number of hydrogen-bond donors (Lipinski definition) is 1. The molecule has 244 valence electrons. The number of amides is 1. The fraction of sp³-hybridized carbons (Fsp3) is 0.361. The van der Waals surface area contributed by atoms with Gasteiger partial charge in [0.15, 0.2) is 14.1 Å². The van der Waals surface area contributed by atoms with E-state index in [0.29, 0.717) is 39.8 Å². The van der Waals surface area contributed by atoms with E-state index >= 15 is 0 Å². The van der Waals surface area contributed by atoms with Crippen LogP contribution in [0.2, 0.25) is 18.1 Å². The Bertz CT molecular complexity index is 1810. The number of carbonyl (C=O) groups excluding carboxylic acids is 3. The minimum atomic E-state index is -2.00. The number of aliphatic hydroxyl groups is 1. The van der Waals surface area contributed by atoms with Crippen LogP contribution >= 0.6 is 0 Å². The first-order valence-corrected chi connectivity index (χ1v) is 18.7. The predicted molar refractivity (Wildman–Crippen MR) is 178 cm³/mol. The smallest absolute Gasteiger partial charge is 0.355 e. The molecule has 3 aliphatic rings. The maximum atomic E-state index is 13.8. The molecule has 1 amide bonds. The molecule has 3 aromatic rings. The third kappa shape index (κ3) is 5.51. The number of rotatable bonds is 12. The highest BCUT2D eigenvalue weighted by atomic mass is 28.4. The molecular weight excluding hydrogens is 616 g/mol. The van der Waals surface area contributed by atoms with Gasteiger partial charge in [0.05, 0.1) is 29.6 Å². The molecule has 10 nitrogen and oxygen atoms in total. The Kier molecular flexibility index (Phi) is 8.73. The monoisotopic (exact) mass is 654 g/mol. The summed E-state index contributed by atoms with van der Waals surface area (Å²) in [5, 5.41) is 20.7. The van der Waals surface area contributed by atoms with Gasteiger partial charge < -0.3 is 19.2 Å². The van der Waals surface area contributed by atoms with Gasteiger partial charge in [-0.25, -0.2) is 4.79 Å². The van der Waals surface area contributed by atoms with E-state index in [0.717, 1.165) is 29.3 Å². The zero-order valence-corrected chi connectivity index (χ0v) is 27.9. The largest absolute Gasteiger partial charge is 0.456 e. The topological polar surface area (TPSA) is 136 Å². The molecule has 0 unspecified atom stereocenters. The van der Waals surface area contributed by atoms with Crippen LogP contribution in [0.4, 0.5) is 5.69 Å². The molecule has 0 saturated carbocycles. The Labute approximate surface area is 274 Å². The standard InChI is InChI=1S/C36H38N2O8Si/c1-5-47(6-2,7-3)46-21(4)32-31-18-28(24-11-15-27-29(17-24)26-14-10-23(19-39)16-30(26)34(27)40)33(37(31)35(32)41)36(42)45-20-22-8-12-25(13-9-22)38(43)44/h8-17,21,31-32,39H,5-7,18-20H2,1-4H3/t21-,31-,32-/m1/s1. The van der Waals surface area contributed by atoms with Crippen LogP contribution in [-0.2, 0) is 32.0 Å². The average Bonchev–Trinajstić information content (AvgIpc) is 3.57. The zero-order valence-electron chi connectivity index (χ0n) is 26.9. The molecular formula is C36H38N2O8Si. The van der Waals surface area contributed by atoms with Crippen LogP contribution in [0.5, 0.6) is 0 Å². The van der Waals surface area contributed by atoms with E-state index < -0.39 is 25.1 Å². The van der Waals surface area contributed by atoms with E-state index in [1.54, 1.807) is 23.1 Å². The van der Waals surface area contributed by atoms with Crippen molar-refractivity contribution in [2.24, 2.45) is 5.92 Å². The second-order valence-corrected chi connectivity index (χ2v) is 17.2. The van der Waals surface area contributed by atoms with E-state index in [9.17, 15) is 29.6 Å². The molecule has 1 aliphatic carbocycles. The lowest BCUT2D eigenvalue weighted by atomic mass is 9.82. The molecule has 1 fully saturated rings. The Morgan fingerprint density at radius 2 is 1.62 bits per heavy atom. The molecule has 47 heavy (non-hydrogen) atoms. The van der Waals surface area contributed by atoms with Crippen LogP contribution in [0.25, 0.3) is 16.7 Å². The summed E-state index contributed by atoms with van der Waals surface area (Å²) in [5.74, 6) is -1.37. The molecule has 6 rings (SSSR count). The van der Waals surface area contributed by atoms with Crippen LogP contribution in [0, 0.1) is 16.0 Å². The van der Waals surface area contributed by atoms with Gasteiger partial charge in [-0.15, -0.1) is 0 Å². The van der Waals surface area contributed by atoms with Crippen molar-refractivity contribution < 1.29 is 33.6 Å². The number of carbonyl (C=O) groups is 3. The van der Waals surface area contributed by atoms with E-state index in [1.807, 2.05) is 25.1 Å². The van der Waals surface area contributed by atoms with E-state index in [2.05, 4.69) is 20.8 Å². The van der Waals surface area contributed by atoms with Crippen molar-refractivity contribution in [3.63, 3.8) is 0 Å². The van der Waals surface area contributed by atoms with Gasteiger partial charge in [0.1, 0.15) is 12.3 Å². The first-order valence-electron chi connectivity index (χ1n) is 16.1. The minimum Gasteiger partial charge on any atom is -0.456 e. The molecule has 0 spiro atoms. The molecule has 2 aliphatic heterocycles. The molecule has 2 heterocycles. The summed E-state index contributed by atoms with van der Waals surface area (Å²) in [7, 11) is -2.00. The lowest BCUT2D eigenvalue weighted by molar-refractivity contribution is -0.384. The van der Waals surface area contributed by atoms with Crippen LogP contribution in [-0.4, -0.2) is 53.1 Å². The maximum Gasteiger partial charge on any atom is 0.355 e. The average molecular weight is 655 g/mol. The van der Waals surface area contributed by atoms with E-state index in [1.165, 1.54) is 24.3 Å². The Morgan fingerprint density at radius 3 is 2.26 bits per heavy atom. The molecule has 0 radical (unpaired) electrons. The molecule has 0 bridgehead atoms. The van der Waals surface area contributed by atoms with Gasteiger partial charge in [0.2, 0.25) is 5.91 Å². The quantitative estimate of drug-likeness (QED) is 0.0610. The summed E-state index contributed by atoms with van der Waals surface area (Å²) in [6.07, 6.45) is 0.117. The van der Waals surface area contributed by atoms with Gasteiger partial charge in [-0.2, -0.15) is 0 Å². The number of hydrogen-bond acceptors (Lipinski definition) is 8. The van der Waals surface area contributed by atoms with Crippen molar-refractivity contribution >= 4 is 37.2 Å². The summed E-state index contributed by atoms with van der Waals surface area (Å²) in [5.41, 5.74) is 5.25. The van der Waals surface area contributed by atoms with Crippen LogP contribution < -0.4 is 0 Å². The highest BCUT2D eigenvalue weighted by Crippen LogP contribution is 2.49. The van der Waals surface area contributed by atoms with Gasteiger partial charge in [0, 0.05) is 23.3 Å². The van der Waals surface area contributed by atoms with Crippen LogP contribution in [0.3, 0.4) is 0 Å².